The molecular formula is C14H26ClNO4S. The summed E-state index contributed by atoms with van der Waals surface area (Å²) in [6, 6.07) is 0. The first kappa shape index (κ1) is 17.5. The molecule has 124 valence electrons. The molecule has 0 saturated carbocycles. The second-order valence-corrected chi connectivity index (χ2v) is 8.45. The summed E-state index contributed by atoms with van der Waals surface area (Å²) in [6.45, 7) is 4.21. The fourth-order valence-electron chi connectivity index (χ4n) is 2.84. The fraction of sp³-hybridized carbons (Fsp3) is 1.00. The number of hydrogen-bond donors (Lipinski definition) is 0. The minimum absolute atomic E-state index is 0.0208. The molecule has 7 heteroatoms. The van der Waals surface area contributed by atoms with Crippen molar-refractivity contribution in [2.24, 2.45) is 5.92 Å². The smallest absolute Gasteiger partial charge is 0.214 e. The molecule has 0 aromatic heterocycles. The molecule has 2 fully saturated rings. The van der Waals surface area contributed by atoms with Crippen molar-refractivity contribution in [3.05, 3.63) is 0 Å². The summed E-state index contributed by atoms with van der Waals surface area (Å²) in [7, 11) is -3.32. The maximum absolute atomic E-state index is 12.6. The molecular weight excluding hydrogens is 314 g/mol. The number of alkyl halides is 1. The SMILES string of the molecule is CC(CCl)CS(=O)(=O)N(CC1CCCO1)CC1CCCO1. The molecule has 2 aliphatic rings. The van der Waals surface area contributed by atoms with E-state index in [1.165, 1.54) is 0 Å². The van der Waals surface area contributed by atoms with Crippen molar-refractivity contribution in [3.63, 3.8) is 0 Å². The normalized spacial score (nSPS) is 28.3. The molecule has 3 atom stereocenters. The molecule has 2 aliphatic heterocycles. The van der Waals surface area contributed by atoms with Gasteiger partial charge in [-0.25, -0.2) is 8.42 Å². The zero-order valence-electron chi connectivity index (χ0n) is 12.7. The Morgan fingerprint density at radius 1 is 1.14 bits per heavy atom. The van der Waals surface area contributed by atoms with Crippen molar-refractivity contribution in [2.45, 2.75) is 44.8 Å². The molecule has 0 aliphatic carbocycles. The summed E-state index contributed by atoms with van der Waals surface area (Å²) in [5.41, 5.74) is 0. The van der Waals surface area contributed by atoms with Gasteiger partial charge in [0.25, 0.3) is 0 Å². The van der Waals surface area contributed by atoms with Gasteiger partial charge in [0, 0.05) is 32.2 Å². The monoisotopic (exact) mass is 339 g/mol. The lowest BCUT2D eigenvalue weighted by molar-refractivity contribution is 0.0648. The Morgan fingerprint density at radius 2 is 1.67 bits per heavy atom. The molecule has 0 radical (unpaired) electrons. The first-order valence-corrected chi connectivity index (χ1v) is 9.92. The quantitative estimate of drug-likeness (QED) is 0.633. The van der Waals surface area contributed by atoms with Crippen LogP contribution in [0.2, 0.25) is 0 Å². The second-order valence-electron chi connectivity index (χ2n) is 6.13. The van der Waals surface area contributed by atoms with Crippen LogP contribution in [0.4, 0.5) is 0 Å². The Bertz CT molecular complexity index is 387. The van der Waals surface area contributed by atoms with Crippen LogP contribution >= 0.6 is 11.6 Å². The van der Waals surface area contributed by atoms with Gasteiger partial charge >= 0.3 is 0 Å². The van der Waals surface area contributed by atoms with Crippen LogP contribution in [0.25, 0.3) is 0 Å². The Labute approximate surface area is 133 Å². The number of rotatable bonds is 8. The topological polar surface area (TPSA) is 55.8 Å². The lowest BCUT2D eigenvalue weighted by Crippen LogP contribution is -2.43. The third-order valence-corrected chi connectivity index (χ3v) is 6.62. The average molecular weight is 340 g/mol. The first-order chi connectivity index (χ1) is 10.0. The highest BCUT2D eigenvalue weighted by Gasteiger charge is 2.31. The molecule has 2 rings (SSSR count). The molecule has 2 saturated heterocycles. The van der Waals surface area contributed by atoms with Crippen molar-refractivity contribution < 1.29 is 17.9 Å². The van der Waals surface area contributed by atoms with Crippen LogP contribution in [0, 0.1) is 5.92 Å². The van der Waals surface area contributed by atoms with E-state index in [4.69, 9.17) is 21.1 Å². The van der Waals surface area contributed by atoms with Gasteiger partial charge in [-0.2, -0.15) is 4.31 Å². The predicted octanol–water partition coefficient (Wildman–Crippen LogP) is 1.85. The Hall–Kier alpha value is 0.120. The summed E-state index contributed by atoms with van der Waals surface area (Å²) in [6.07, 6.45) is 3.93. The van der Waals surface area contributed by atoms with E-state index in [9.17, 15) is 8.42 Å². The summed E-state index contributed by atoms with van der Waals surface area (Å²) in [5.74, 6) is 0.399. The Balaban J connectivity index is 2.01. The van der Waals surface area contributed by atoms with Crippen LogP contribution in [0.15, 0.2) is 0 Å². The fourth-order valence-corrected chi connectivity index (χ4v) is 4.92. The maximum Gasteiger partial charge on any atom is 0.214 e. The highest BCUT2D eigenvalue weighted by Crippen LogP contribution is 2.20. The Morgan fingerprint density at radius 3 is 2.05 bits per heavy atom. The van der Waals surface area contributed by atoms with Gasteiger partial charge in [-0.15, -0.1) is 11.6 Å². The van der Waals surface area contributed by atoms with Crippen molar-refractivity contribution in [1.82, 2.24) is 4.31 Å². The van der Waals surface area contributed by atoms with Crippen molar-refractivity contribution in [2.75, 3.05) is 37.9 Å². The lowest BCUT2D eigenvalue weighted by atomic mass is 10.2. The molecule has 0 N–H and O–H groups in total. The molecule has 0 amide bonds. The second kappa shape index (κ2) is 8.11. The first-order valence-electron chi connectivity index (χ1n) is 7.78. The standard InChI is InChI=1S/C14H26ClNO4S/c1-12(8-15)11-21(17,18)16(9-13-4-2-6-19-13)10-14-5-3-7-20-14/h12-14H,2-11H2,1H3. The van der Waals surface area contributed by atoms with Gasteiger partial charge in [0.1, 0.15) is 0 Å². The van der Waals surface area contributed by atoms with Gasteiger partial charge in [0.2, 0.25) is 10.0 Å². The van der Waals surface area contributed by atoms with E-state index in [0.717, 1.165) is 38.9 Å². The molecule has 0 bridgehead atoms. The van der Waals surface area contributed by atoms with Gasteiger partial charge in [0.05, 0.1) is 18.0 Å². The van der Waals surface area contributed by atoms with Crippen molar-refractivity contribution in [3.8, 4) is 0 Å². The van der Waals surface area contributed by atoms with Gasteiger partial charge < -0.3 is 9.47 Å². The number of ether oxygens (including phenoxy) is 2. The van der Waals surface area contributed by atoms with Crippen LogP contribution in [0.3, 0.4) is 0 Å². The average Bonchev–Trinajstić information content (AvgIpc) is 3.10. The maximum atomic E-state index is 12.6. The van der Waals surface area contributed by atoms with Crippen LogP contribution < -0.4 is 0 Å². The molecule has 2 heterocycles. The molecule has 5 nitrogen and oxygen atoms in total. The third kappa shape index (κ3) is 5.36. The highest BCUT2D eigenvalue weighted by molar-refractivity contribution is 7.89. The van der Waals surface area contributed by atoms with Crippen molar-refractivity contribution >= 4 is 21.6 Å². The zero-order chi connectivity index (χ0) is 15.3. The number of sulfonamides is 1. The van der Waals surface area contributed by atoms with E-state index in [1.54, 1.807) is 4.31 Å². The number of halogens is 1. The van der Waals surface area contributed by atoms with Crippen LogP contribution in [-0.2, 0) is 19.5 Å². The molecule has 21 heavy (non-hydrogen) atoms. The van der Waals surface area contributed by atoms with E-state index in [2.05, 4.69) is 0 Å². The molecule has 0 spiro atoms. The summed E-state index contributed by atoms with van der Waals surface area (Å²) >= 11 is 5.77. The van der Waals surface area contributed by atoms with E-state index in [0.29, 0.717) is 19.0 Å². The van der Waals surface area contributed by atoms with E-state index in [1.807, 2.05) is 6.92 Å². The number of nitrogens with zero attached hydrogens (tertiary/aromatic N) is 1. The summed E-state index contributed by atoms with van der Waals surface area (Å²) in [4.78, 5) is 0. The number of hydrogen-bond acceptors (Lipinski definition) is 4. The van der Waals surface area contributed by atoms with Crippen LogP contribution in [0.1, 0.15) is 32.6 Å². The van der Waals surface area contributed by atoms with Gasteiger partial charge in [-0.05, 0) is 31.6 Å². The third-order valence-electron chi connectivity index (χ3n) is 4.01. The van der Waals surface area contributed by atoms with Crippen LogP contribution in [0.5, 0.6) is 0 Å². The summed E-state index contributed by atoms with van der Waals surface area (Å²) < 4.78 is 38.0. The van der Waals surface area contributed by atoms with E-state index < -0.39 is 10.0 Å². The van der Waals surface area contributed by atoms with Gasteiger partial charge in [-0.1, -0.05) is 6.92 Å². The Kier molecular flexibility index (Phi) is 6.75. The zero-order valence-corrected chi connectivity index (χ0v) is 14.2. The van der Waals surface area contributed by atoms with E-state index >= 15 is 0 Å². The predicted molar refractivity (Wildman–Crippen MR) is 83.2 cm³/mol. The van der Waals surface area contributed by atoms with Gasteiger partial charge in [-0.3, -0.25) is 0 Å². The highest BCUT2D eigenvalue weighted by atomic mass is 35.5. The summed E-state index contributed by atoms with van der Waals surface area (Å²) in [5, 5.41) is 0. The molecule has 0 aromatic rings. The van der Waals surface area contributed by atoms with E-state index in [-0.39, 0.29) is 23.9 Å². The minimum atomic E-state index is -3.32. The minimum Gasteiger partial charge on any atom is -0.377 e. The van der Waals surface area contributed by atoms with Crippen molar-refractivity contribution in [1.29, 1.82) is 0 Å². The lowest BCUT2D eigenvalue weighted by Gasteiger charge is -2.27. The van der Waals surface area contributed by atoms with Crippen LogP contribution in [-0.4, -0.2) is 62.9 Å². The largest absolute Gasteiger partial charge is 0.377 e. The molecule has 3 unspecified atom stereocenters. The van der Waals surface area contributed by atoms with Gasteiger partial charge in [0.15, 0.2) is 0 Å². The molecule has 0 aromatic carbocycles.